The molecule has 0 radical (unpaired) electrons. The van der Waals surface area contributed by atoms with Gasteiger partial charge in [0.1, 0.15) is 0 Å². The van der Waals surface area contributed by atoms with Crippen LogP contribution in [-0.2, 0) is 4.79 Å². The molecule has 2 unspecified atom stereocenters. The van der Waals surface area contributed by atoms with Crippen molar-refractivity contribution in [3.8, 4) is 0 Å². The predicted octanol–water partition coefficient (Wildman–Crippen LogP) is 1.71. The molecule has 1 aromatic carbocycles. The summed E-state index contributed by atoms with van der Waals surface area (Å²) in [5.41, 5.74) is 13.0. The summed E-state index contributed by atoms with van der Waals surface area (Å²) < 4.78 is 0. The molecule has 1 fully saturated rings. The van der Waals surface area contributed by atoms with Crippen LogP contribution in [0.2, 0.25) is 0 Å². The summed E-state index contributed by atoms with van der Waals surface area (Å²) in [5.74, 6) is 0.0178. The normalized spacial score (nSPS) is 21.0. The highest BCUT2D eigenvalue weighted by Gasteiger charge is 2.35. The molecule has 0 bridgehead atoms. The van der Waals surface area contributed by atoms with Crippen molar-refractivity contribution in [2.75, 3.05) is 19.6 Å². The van der Waals surface area contributed by atoms with Gasteiger partial charge in [-0.15, -0.1) is 12.4 Å². The van der Waals surface area contributed by atoms with E-state index in [1.807, 2.05) is 36.1 Å². The van der Waals surface area contributed by atoms with E-state index in [0.717, 1.165) is 17.5 Å². The number of nitrogens with one attached hydrogen (secondary N) is 1. The third-order valence-electron chi connectivity index (χ3n) is 4.66. The summed E-state index contributed by atoms with van der Waals surface area (Å²) in [6, 6.07) is 6.65. The van der Waals surface area contributed by atoms with Gasteiger partial charge >= 0.3 is 6.03 Å². The van der Waals surface area contributed by atoms with Crippen LogP contribution in [0.4, 0.5) is 4.79 Å². The van der Waals surface area contributed by atoms with E-state index >= 15 is 0 Å². The second kappa shape index (κ2) is 8.35. The highest BCUT2D eigenvalue weighted by Crippen LogP contribution is 2.30. The molecule has 3 amide bonds. The van der Waals surface area contributed by atoms with E-state index in [9.17, 15) is 9.59 Å². The van der Waals surface area contributed by atoms with Gasteiger partial charge in [-0.1, -0.05) is 31.2 Å². The number of primary amides is 1. The Bertz CT molecular complexity index is 596. The molecule has 0 aliphatic carbocycles. The van der Waals surface area contributed by atoms with Crippen LogP contribution in [0.5, 0.6) is 0 Å². The number of hydrogen-bond acceptors (Lipinski definition) is 3. The predicted molar refractivity (Wildman–Crippen MR) is 96.9 cm³/mol. The van der Waals surface area contributed by atoms with Crippen LogP contribution >= 0.6 is 12.4 Å². The van der Waals surface area contributed by atoms with Gasteiger partial charge in [0.25, 0.3) is 0 Å². The van der Waals surface area contributed by atoms with Crippen LogP contribution in [0.15, 0.2) is 24.3 Å². The molecule has 0 aromatic heterocycles. The molecule has 1 aromatic rings. The van der Waals surface area contributed by atoms with Crippen molar-refractivity contribution in [1.29, 1.82) is 0 Å². The molecule has 2 atom stereocenters. The molecule has 6 nitrogen and oxygen atoms in total. The van der Waals surface area contributed by atoms with Gasteiger partial charge in [0.15, 0.2) is 0 Å². The fraction of sp³-hybridized carbons (Fsp3) is 0.529. The first-order valence-electron chi connectivity index (χ1n) is 7.94. The van der Waals surface area contributed by atoms with Crippen LogP contribution in [0.25, 0.3) is 0 Å². The van der Waals surface area contributed by atoms with Crippen molar-refractivity contribution in [2.45, 2.75) is 32.7 Å². The Labute approximate surface area is 149 Å². The summed E-state index contributed by atoms with van der Waals surface area (Å²) in [7, 11) is 0. The fourth-order valence-electron chi connectivity index (χ4n) is 3.10. The number of nitrogens with two attached hydrogens (primary N) is 2. The largest absolute Gasteiger partial charge is 0.352 e. The van der Waals surface area contributed by atoms with Gasteiger partial charge in [-0.3, -0.25) is 4.79 Å². The number of hydrogen-bond donors (Lipinski definition) is 3. The molecule has 1 aliphatic heterocycles. The molecule has 1 aliphatic rings. The van der Waals surface area contributed by atoms with Crippen LogP contribution in [0, 0.1) is 12.3 Å². The number of likely N-dealkylation sites (tertiary alicyclic amines) is 1. The summed E-state index contributed by atoms with van der Waals surface area (Å²) >= 11 is 0. The maximum Gasteiger partial charge on any atom is 0.312 e. The molecule has 0 spiro atoms. The maximum atomic E-state index is 12.6. The minimum Gasteiger partial charge on any atom is -0.352 e. The quantitative estimate of drug-likeness (QED) is 0.750. The van der Waals surface area contributed by atoms with Crippen LogP contribution in [0.1, 0.15) is 36.9 Å². The third kappa shape index (κ3) is 4.85. The highest BCUT2D eigenvalue weighted by atomic mass is 35.5. The van der Waals surface area contributed by atoms with Crippen LogP contribution in [-0.4, -0.2) is 36.5 Å². The highest BCUT2D eigenvalue weighted by molar-refractivity contribution is 5.85. The van der Waals surface area contributed by atoms with Crippen molar-refractivity contribution in [3.63, 3.8) is 0 Å². The first-order valence-corrected chi connectivity index (χ1v) is 7.94. The summed E-state index contributed by atoms with van der Waals surface area (Å²) in [6.45, 7) is 6.00. The zero-order valence-corrected chi connectivity index (χ0v) is 15.1. The van der Waals surface area contributed by atoms with E-state index in [0.29, 0.717) is 19.6 Å². The lowest BCUT2D eigenvalue weighted by atomic mass is 9.90. The Morgan fingerprint density at radius 3 is 2.58 bits per heavy atom. The minimum atomic E-state index is -0.626. The number of benzene rings is 1. The molecule has 1 heterocycles. The van der Waals surface area contributed by atoms with E-state index in [1.165, 1.54) is 0 Å². The van der Waals surface area contributed by atoms with Crippen molar-refractivity contribution in [3.05, 3.63) is 35.4 Å². The number of nitrogens with zero attached hydrogens (tertiary/aromatic N) is 1. The zero-order chi connectivity index (χ0) is 17.0. The number of halogens is 1. The SMILES string of the molecule is Cc1ccccc1C(CC(=O)N1CCC(C)(CN)C1)NC(N)=O.Cl. The topological polar surface area (TPSA) is 101 Å². The van der Waals surface area contributed by atoms with Crippen LogP contribution in [0.3, 0.4) is 0 Å². The Morgan fingerprint density at radius 1 is 1.38 bits per heavy atom. The van der Waals surface area contributed by atoms with E-state index in [2.05, 4.69) is 12.2 Å². The lowest BCUT2D eigenvalue weighted by Gasteiger charge is -2.25. The first-order chi connectivity index (χ1) is 10.8. The standard InChI is InChI=1S/C17H26N4O2.ClH/c1-12-5-3-4-6-13(12)14(20-16(19)23)9-15(22)21-8-7-17(2,10-18)11-21;/h3-6,14H,7-11,18H2,1-2H3,(H3,19,20,23);1H. The van der Waals surface area contributed by atoms with E-state index < -0.39 is 12.1 Å². The maximum absolute atomic E-state index is 12.6. The number of rotatable bonds is 5. The molecule has 2 rings (SSSR count). The van der Waals surface area contributed by atoms with E-state index in [1.54, 1.807) is 0 Å². The van der Waals surface area contributed by atoms with Crippen molar-refractivity contribution in [2.24, 2.45) is 16.9 Å². The van der Waals surface area contributed by atoms with Crippen molar-refractivity contribution >= 4 is 24.3 Å². The Morgan fingerprint density at radius 2 is 2.04 bits per heavy atom. The van der Waals surface area contributed by atoms with Gasteiger partial charge in [-0.25, -0.2) is 4.79 Å². The molecule has 134 valence electrons. The van der Waals surface area contributed by atoms with Crippen molar-refractivity contribution in [1.82, 2.24) is 10.2 Å². The molecule has 0 saturated carbocycles. The lowest BCUT2D eigenvalue weighted by molar-refractivity contribution is -0.131. The third-order valence-corrected chi connectivity index (χ3v) is 4.66. The fourth-order valence-corrected chi connectivity index (χ4v) is 3.10. The van der Waals surface area contributed by atoms with E-state index in [-0.39, 0.29) is 30.2 Å². The second-order valence-electron chi connectivity index (χ2n) is 6.70. The van der Waals surface area contributed by atoms with Crippen molar-refractivity contribution < 1.29 is 9.59 Å². The Balaban J connectivity index is 0.00000288. The second-order valence-corrected chi connectivity index (χ2v) is 6.70. The Hall–Kier alpha value is -1.79. The zero-order valence-electron chi connectivity index (χ0n) is 14.2. The monoisotopic (exact) mass is 354 g/mol. The smallest absolute Gasteiger partial charge is 0.312 e. The number of carbonyl (C=O) groups excluding carboxylic acids is 2. The number of carbonyl (C=O) groups is 2. The first kappa shape index (κ1) is 20.3. The van der Waals surface area contributed by atoms with Gasteiger partial charge in [0.2, 0.25) is 5.91 Å². The number of urea groups is 1. The van der Waals surface area contributed by atoms with Gasteiger partial charge in [-0.2, -0.15) is 0 Å². The number of amides is 3. The molecule has 7 heteroatoms. The average molecular weight is 355 g/mol. The molecule has 5 N–H and O–H groups in total. The molecular weight excluding hydrogens is 328 g/mol. The average Bonchev–Trinajstić information content (AvgIpc) is 2.90. The molecule has 1 saturated heterocycles. The molecule has 24 heavy (non-hydrogen) atoms. The summed E-state index contributed by atoms with van der Waals surface area (Å²) in [4.78, 5) is 25.8. The van der Waals surface area contributed by atoms with Gasteiger partial charge in [0.05, 0.1) is 12.5 Å². The van der Waals surface area contributed by atoms with Gasteiger partial charge in [0, 0.05) is 13.1 Å². The van der Waals surface area contributed by atoms with Crippen LogP contribution < -0.4 is 16.8 Å². The minimum absolute atomic E-state index is 0. The van der Waals surface area contributed by atoms with Gasteiger partial charge in [-0.05, 0) is 36.4 Å². The van der Waals surface area contributed by atoms with E-state index in [4.69, 9.17) is 11.5 Å². The summed E-state index contributed by atoms with van der Waals surface area (Å²) in [5, 5.41) is 2.69. The molecular formula is C17H27ClN4O2. The Kier molecular flexibility index (Phi) is 7.05. The summed E-state index contributed by atoms with van der Waals surface area (Å²) in [6.07, 6.45) is 1.11. The van der Waals surface area contributed by atoms with Gasteiger partial charge < -0.3 is 21.7 Å². The lowest BCUT2D eigenvalue weighted by Crippen LogP contribution is -2.39. The number of aryl methyl sites for hydroxylation is 1.